The number of nitrogens with zero attached hydrogens (tertiary/aromatic N) is 2. The molecule has 2 heterocycles. The Labute approximate surface area is 138 Å². The minimum Gasteiger partial charge on any atom is -0.381 e. The van der Waals surface area contributed by atoms with Crippen LogP contribution >= 0.6 is 12.4 Å². The van der Waals surface area contributed by atoms with Gasteiger partial charge >= 0.3 is 0 Å². The maximum absolute atomic E-state index is 12.4. The molecule has 1 unspecified atom stereocenters. The molecule has 0 spiro atoms. The van der Waals surface area contributed by atoms with Gasteiger partial charge in [0.25, 0.3) is 0 Å². The van der Waals surface area contributed by atoms with Gasteiger partial charge in [0.05, 0.1) is 19.1 Å². The van der Waals surface area contributed by atoms with E-state index in [4.69, 9.17) is 4.74 Å². The van der Waals surface area contributed by atoms with E-state index >= 15 is 0 Å². The van der Waals surface area contributed by atoms with Crippen molar-refractivity contribution in [2.45, 2.75) is 26.3 Å². The third-order valence-electron chi connectivity index (χ3n) is 3.54. The van der Waals surface area contributed by atoms with Crippen molar-refractivity contribution in [3.05, 3.63) is 30.1 Å². The molecule has 1 fully saturated rings. The third-order valence-corrected chi connectivity index (χ3v) is 3.54. The van der Waals surface area contributed by atoms with E-state index < -0.39 is 0 Å². The second-order valence-corrected chi connectivity index (χ2v) is 5.81. The van der Waals surface area contributed by atoms with Gasteiger partial charge in [-0.15, -0.1) is 12.4 Å². The average molecular weight is 328 g/mol. The molecule has 2 rings (SSSR count). The second-order valence-electron chi connectivity index (χ2n) is 5.81. The summed E-state index contributed by atoms with van der Waals surface area (Å²) in [6.07, 6.45) is 4.04. The molecule has 6 heteroatoms. The monoisotopic (exact) mass is 327 g/mol. The van der Waals surface area contributed by atoms with Crippen molar-refractivity contribution < 1.29 is 9.53 Å². The Morgan fingerprint density at radius 1 is 1.55 bits per heavy atom. The number of nitrogens with one attached hydrogen (secondary N) is 1. The SMILES string of the molecule is CC(C)COCCC(=O)N1CCNCC1c1cccnc1.Cl. The molecule has 1 N–H and O–H groups in total. The van der Waals surface area contributed by atoms with E-state index in [-0.39, 0.29) is 24.4 Å². The molecule has 0 aromatic carbocycles. The minimum absolute atomic E-state index is 0. The highest BCUT2D eigenvalue weighted by molar-refractivity contribution is 5.85. The number of amides is 1. The summed E-state index contributed by atoms with van der Waals surface area (Å²) in [5, 5.41) is 3.35. The zero-order valence-corrected chi connectivity index (χ0v) is 14.1. The average Bonchev–Trinajstić information content (AvgIpc) is 2.52. The summed E-state index contributed by atoms with van der Waals surface area (Å²) in [5.41, 5.74) is 1.08. The van der Waals surface area contributed by atoms with Crippen LogP contribution in [0.2, 0.25) is 0 Å². The molecular formula is C16H26ClN3O2. The zero-order valence-electron chi connectivity index (χ0n) is 13.3. The Hall–Kier alpha value is -1.17. The maximum atomic E-state index is 12.4. The molecule has 1 amide bonds. The fraction of sp³-hybridized carbons (Fsp3) is 0.625. The Morgan fingerprint density at radius 2 is 2.36 bits per heavy atom. The Morgan fingerprint density at radius 3 is 3.05 bits per heavy atom. The molecule has 1 atom stereocenters. The number of rotatable bonds is 6. The van der Waals surface area contributed by atoms with Crippen LogP contribution in [0.5, 0.6) is 0 Å². The van der Waals surface area contributed by atoms with Gasteiger partial charge in [-0.2, -0.15) is 0 Å². The lowest BCUT2D eigenvalue weighted by atomic mass is 10.0. The number of carbonyl (C=O) groups is 1. The first-order valence-electron chi connectivity index (χ1n) is 7.66. The molecule has 1 aliphatic heterocycles. The lowest BCUT2D eigenvalue weighted by Gasteiger charge is -2.36. The molecule has 124 valence electrons. The molecule has 1 aliphatic rings. The smallest absolute Gasteiger partial charge is 0.225 e. The third kappa shape index (κ3) is 5.55. The van der Waals surface area contributed by atoms with E-state index in [9.17, 15) is 4.79 Å². The number of hydrogen-bond acceptors (Lipinski definition) is 4. The van der Waals surface area contributed by atoms with Crippen LogP contribution in [-0.4, -0.2) is 48.6 Å². The van der Waals surface area contributed by atoms with E-state index in [1.807, 2.05) is 23.2 Å². The molecule has 1 aromatic rings. The highest BCUT2D eigenvalue weighted by atomic mass is 35.5. The quantitative estimate of drug-likeness (QED) is 0.812. The van der Waals surface area contributed by atoms with Crippen LogP contribution in [0.1, 0.15) is 31.9 Å². The van der Waals surface area contributed by atoms with Crippen LogP contribution in [0.15, 0.2) is 24.5 Å². The predicted octanol–water partition coefficient (Wildman–Crippen LogP) is 2.04. The van der Waals surface area contributed by atoms with Gasteiger partial charge < -0.3 is 15.0 Å². The van der Waals surface area contributed by atoms with Gasteiger partial charge in [0, 0.05) is 38.6 Å². The highest BCUT2D eigenvalue weighted by Gasteiger charge is 2.27. The Balaban J connectivity index is 0.00000242. The molecular weight excluding hydrogens is 302 g/mol. The Kier molecular flexibility index (Phi) is 8.38. The molecule has 1 saturated heterocycles. The van der Waals surface area contributed by atoms with Crippen molar-refractivity contribution >= 4 is 18.3 Å². The summed E-state index contributed by atoms with van der Waals surface area (Å²) >= 11 is 0. The van der Waals surface area contributed by atoms with E-state index in [2.05, 4.69) is 24.1 Å². The number of halogens is 1. The van der Waals surface area contributed by atoms with E-state index in [1.54, 1.807) is 6.20 Å². The van der Waals surface area contributed by atoms with Crippen LogP contribution in [0.25, 0.3) is 0 Å². The van der Waals surface area contributed by atoms with Gasteiger partial charge in [-0.25, -0.2) is 0 Å². The van der Waals surface area contributed by atoms with Crippen molar-refractivity contribution in [1.82, 2.24) is 15.2 Å². The molecule has 0 radical (unpaired) electrons. The number of piperazine rings is 1. The minimum atomic E-state index is 0. The van der Waals surface area contributed by atoms with Crippen molar-refractivity contribution in [3.8, 4) is 0 Å². The summed E-state index contributed by atoms with van der Waals surface area (Å²) in [5.74, 6) is 0.663. The van der Waals surface area contributed by atoms with Crippen molar-refractivity contribution in [2.24, 2.45) is 5.92 Å². The fourth-order valence-electron chi connectivity index (χ4n) is 2.50. The second kappa shape index (κ2) is 9.77. The van der Waals surface area contributed by atoms with Crippen molar-refractivity contribution in [3.63, 3.8) is 0 Å². The van der Waals surface area contributed by atoms with Gasteiger partial charge in [-0.05, 0) is 17.5 Å². The number of aromatic nitrogens is 1. The lowest BCUT2D eigenvalue weighted by molar-refractivity contribution is -0.135. The molecule has 0 saturated carbocycles. The van der Waals surface area contributed by atoms with E-state index in [0.717, 1.165) is 25.2 Å². The largest absolute Gasteiger partial charge is 0.381 e. The Bertz CT molecular complexity index is 442. The van der Waals surface area contributed by atoms with Crippen LogP contribution in [0.3, 0.4) is 0 Å². The lowest BCUT2D eigenvalue weighted by Crippen LogP contribution is -2.48. The zero-order chi connectivity index (χ0) is 15.1. The van der Waals surface area contributed by atoms with Gasteiger partial charge in [0.15, 0.2) is 0 Å². The first kappa shape index (κ1) is 18.9. The van der Waals surface area contributed by atoms with Crippen molar-refractivity contribution in [1.29, 1.82) is 0 Å². The van der Waals surface area contributed by atoms with Gasteiger partial charge in [0.1, 0.15) is 0 Å². The number of carbonyl (C=O) groups excluding carboxylic acids is 1. The molecule has 0 aliphatic carbocycles. The van der Waals surface area contributed by atoms with Gasteiger partial charge in [0.2, 0.25) is 5.91 Å². The van der Waals surface area contributed by atoms with E-state index in [1.165, 1.54) is 0 Å². The van der Waals surface area contributed by atoms with Crippen LogP contribution in [0, 0.1) is 5.92 Å². The number of ether oxygens (including phenoxy) is 1. The first-order valence-corrected chi connectivity index (χ1v) is 7.66. The molecule has 0 bridgehead atoms. The summed E-state index contributed by atoms with van der Waals surface area (Å²) in [6.45, 7) is 7.79. The molecule has 5 nitrogen and oxygen atoms in total. The topological polar surface area (TPSA) is 54.5 Å². The normalized spacial score (nSPS) is 18.1. The summed E-state index contributed by atoms with van der Waals surface area (Å²) in [7, 11) is 0. The molecule has 1 aromatic heterocycles. The molecule has 22 heavy (non-hydrogen) atoms. The fourth-order valence-corrected chi connectivity index (χ4v) is 2.50. The standard InChI is InChI=1S/C16H25N3O2.ClH/c1-13(2)12-21-9-5-16(20)19-8-7-18-11-15(19)14-4-3-6-17-10-14;/h3-4,6,10,13,15,18H,5,7-9,11-12H2,1-2H3;1H. The summed E-state index contributed by atoms with van der Waals surface area (Å²) in [4.78, 5) is 18.5. The first-order chi connectivity index (χ1) is 10.2. The highest BCUT2D eigenvalue weighted by Crippen LogP contribution is 2.22. The maximum Gasteiger partial charge on any atom is 0.225 e. The number of hydrogen-bond donors (Lipinski definition) is 1. The van der Waals surface area contributed by atoms with E-state index in [0.29, 0.717) is 25.6 Å². The van der Waals surface area contributed by atoms with Crippen molar-refractivity contribution in [2.75, 3.05) is 32.8 Å². The van der Waals surface area contributed by atoms with Gasteiger partial charge in [-0.1, -0.05) is 19.9 Å². The summed E-state index contributed by atoms with van der Waals surface area (Å²) < 4.78 is 5.52. The number of pyridine rings is 1. The summed E-state index contributed by atoms with van der Waals surface area (Å²) in [6, 6.07) is 4.02. The predicted molar refractivity (Wildman–Crippen MR) is 89.1 cm³/mol. The van der Waals surface area contributed by atoms with Gasteiger partial charge in [-0.3, -0.25) is 9.78 Å². The van der Waals surface area contributed by atoms with Crippen LogP contribution in [0.4, 0.5) is 0 Å². The van der Waals surface area contributed by atoms with Crippen LogP contribution < -0.4 is 5.32 Å². The van der Waals surface area contributed by atoms with Crippen LogP contribution in [-0.2, 0) is 9.53 Å².